The Bertz CT molecular complexity index is 1250. The second-order valence-electron chi connectivity index (χ2n) is 9.87. The predicted octanol–water partition coefficient (Wildman–Crippen LogP) is 6.38. The Balaban J connectivity index is 1.57. The van der Waals surface area contributed by atoms with Gasteiger partial charge in [-0.25, -0.2) is 0 Å². The first-order chi connectivity index (χ1) is 18.5. The first-order valence-corrected chi connectivity index (χ1v) is 13.8. The molecular formula is C31H34ClNO5. The van der Waals surface area contributed by atoms with Crippen LogP contribution >= 0.6 is 11.6 Å². The molecule has 0 radical (unpaired) electrons. The maximum absolute atomic E-state index is 13.5. The van der Waals surface area contributed by atoms with Crippen LogP contribution in [0, 0.1) is 0 Å². The van der Waals surface area contributed by atoms with E-state index in [1.165, 1.54) is 0 Å². The van der Waals surface area contributed by atoms with Crippen LogP contribution in [0.5, 0.6) is 11.5 Å². The van der Waals surface area contributed by atoms with Crippen LogP contribution in [0.1, 0.15) is 62.5 Å². The van der Waals surface area contributed by atoms with Crippen molar-refractivity contribution >= 4 is 23.2 Å². The van der Waals surface area contributed by atoms with E-state index in [9.17, 15) is 9.59 Å². The Morgan fingerprint density at radius 3 is 2.21 bits per heavy atom. The molecule has 5 rings (SSSR count). The Morgan fingerprint density at radius 2 is 1.58 bits per heavy atom. The van der Waals surface area contributed by atoms with Gasteiger partial charge in [0, 0.05) is 65.5 Å². The lowest BCUT2D eigenvalue weighted by Gasteiger charge is -2.44. The Hall–Kier alpha value is -3.09. The molecule has 1 heterocycles. The van der Waals surface area contributed by atoms with Crippen molar-refractivity contribution in [3.05, 3.63) is 81.2 Å². The van der Waals surface area contributed by atoms with Crippen molar-refractivity contribution in [3.8, 4) is 11.5 Å². The topological polar surface area (TPSA) is 65.1 Å². The van der Waals surface area contributed by atoms with Crippen molar-refractivity contribution in [1.29, 1.82) is 0 Å². The number of allylic oxidation sites excluding steroid dienone is 4. The van der Waals surface area contributed by atoms with Crippen LogP contribution in [-0.4, -0.2) is 43.3 Å². The molecule has 38 heavy (non-hydrogen) atoms. The third-order valence-electron chi connectivity index (χ3n) is 7.55. The molecule has 0 saturated carbocycles. The zero-order chi connectivity index (χ0) is 26.6. The maximum Gasteiger partial charge on any atom is 0.161 e. The summed E-state index contributed by atoms with van der Waals surface area (Å²) in [6.07, 6.45) is 4.29. The largest absolute Gasteiger partial charge is 0.490 e. The van der Waals surface area contributed by atoms with E-state index in [2.05, 4.69) is 4.90 Å². The van der Waals surface area contributed by atoms with Gasteiger partial charge in [0.15, 0.2) is 23.1 Å². The monoisotopic (exact) mass is 535 g/mol. The van der Waals surface area contributed by atoms with Gasteiger partial charge in [-0.3, -0.25) is 9.59 Å². The average Bonchev–Trinajstić information content (AvgIpc) is 2.92. The minimum atomic E-state index is -0.392. The number of carbonyl (C=O) groups is 2. The summed E-state index contributed by atoms with van der Waals surface area (Å²) in [4.78, 5) is 29.1. The zero-order valence-electron chi connectivity index (χ0n) is 22.1. The van der Waals surface area contributed by atoms with Crippen LogP contribution < -0.4 is 9.47 Å². The van der Waals surface area contributed by atoms with Gasteiger partial charge in [-0.1, -0.05) is 35.9 Å². The van der Waals surface area contributed by atoms with E-state index < -0.39 is 5.92 Å². The normalized spacial score (nSPS) is 18.0. The molecule has 3 aliphatic rings. The molecule has 2 aromatic rings. The van der Waals surface area contributed by atoms with Crippen LogP contribution in [0.2, 0.25) is 5.02 Å². The second kappa shape index (κ2) is 11.7. The number of benzene rings is 2. The molecule has 2 aromatic carbocycles. The molecule has 0 spiro atoms. The third kappa shape index (κ3) is 5.12. The van der Waals surface area contributed by atoms with Crippen molar-refractivity contribution in [2.75, 3.05) is 26.9 Å². The first kappa shape index (κ1) is 26.5. The number of halogens is 1. The molecule has 7 heteroatoms. The smallest absolute Gasteiger partial charge is 0.161 e. The van der Waals surface area contributed by atoms with E-state index in [4.69, 9.17) is 25.8 Å². The van der Waals surface area contributed by atoms with Crippen molar-refractivity contribution in [1.82, 2.24) is 4.90 Å². The molecule has 0 aromatic heterocycles. The average molecular weight is 536 g/mol. The standard InChI is InChI=1S/C31H34ClNO5/c1-3-37-28-18-20(14-15-27(28)38-19-21-8-4-5-9-22(21)32)29-30-23(10-6-12-25(30)34)33(16-17-36-2)24-11-7-13-26(35)31(24)29/h4-5,8-9,14-15,18,29H,3,6-7,10-13,16-17,19H2,1-2H3. The van der Waals surface area contributed by atoms with Gasteiger partial charge in [0.25, 0.3) is 0 Å². The number of nitrogens with zero attached hydrogens (tertiary/aromatic N) is 1. The fourth-order valence-electron chi connectivity index (χ4n) is 5.87. The van der Waals surface area contributed by atoms with Gasteiger partial charge in [-0.05, 0) is 56.4 Å². The van der Waals surface area contributed by atoms with Gasteiger partial charge >= 0.3 is 0 Å². The summed E-state index contributed by atoms with van der Waals surface area (Å²) in [5.41, 5.74) is 5.38. The number of ether oxygens (including phenoxy) is 3. The highest BCUT2D eigenvalue weighted by Crippen LogP contribution is 2.50. The van der Waals surface area contributed by atoms with Crippen LogP contribution in [0.25, 0.3) is 0 Å². The lowest BCUT2D eigenvalue weighted by atomic mass is 9.71. The van der Waals surface area contributed by atoms with E-state index in [0.717, 1.165) is 59.4 Å². The lowest BCUT2D eigenvalue weighted by molar-refractivity contribution is -0.117. The molecule has 0 amide bonds. The van der Waals surface area contributed by atoms with Crippen LogP contribution in [0.3, 0.4) is 0 Å². The van der Waals surface area contributed by atoms with Gasteiger partial charge < -0.3 is 19.1 Å². The summed E-state index contributed by atoms with van der Waals surface area (Å²) in [7, 11) is 1.68. The number of Topliss-reactive ketones (excluding diaryl/α,β-unsaturated/α-hetero) is 2. The van der Waals surface area contributed by atoms with Crippen LogP contribution in [-0.2, 0) is 20.9 Å². The van der Waals surface area contributed by atoms with Gasteiger partial charge in [0.05, 0.1) is 13.2 Å². The number of hydrogen-bond donors (Lipinski definition) is 0. The van der Waals surface area contributed by atoms with E-state index in [1.54, 1.807) is 7.11 Å². The van der Waals surface area contributed by atoms with Gasteiger partial charge in [0.1, 0.15) is 6.61 Å². The summed E-state index contributed by atoms with van der Waals surface area (Å²) >= 11 is 6.32. The molecule has 0 unspecified atom stereocenters. The number of methoxy groups -OCH3 is 1. The van der Waals surface area contributed by atoms with Gasteiger partial charge in [-0.2, -0.15) is 0 Å². The Labute approximate surface area is 229 Å². The molecule has 1 aliphatic heterocycles. The Kier molecular flexibility index (Phi) is 8.20. The van der Waals surface area contributed by atoms with Crippen molar-refractivity contribution in [2.45, 2.75) is 58.0 Å². The minimum absolute atomic E-state index is 0.126. The number of hydrogen-bond acceptors (Lipinski definition) is 6. The van der Waals surface area contributed by atoms with Crippen molar-refractivity contribution < 1.29 is 23.8 Å². The molecule has 6 nitrogen and oxygen atoms in total. The van der Waals surface area contributed by atoms with E-state index in [-0.39, 0.29) is 11.6 Å². The molecule has 200 valence electrons. The van der Waals surface area contributed by atoms with Gasteiger partial charge in [0.2, 0.25) is 0 Å². The molecule has 0 fully saturated rings. The number of ketones is 2. The number of rotatable bonds is 9. The summed E-state index contributed by atoms with van der Waals surface area (Å²) in [6.45, 7) is 3.86. The predicted molar refractivity (Wildman–Crippen MR) is 146 cm³/mol. The highest BCUT2D eigenvalue weighted by molar-refractivity contribution is 6.31. The molecule has 2 aliphatic carbocycles. The minimum Gasteiger partial charge on any atom is -0.490 e. The molecule has 0 bridgehead atoms. The summed E-state index contributed by atoms with van der Waals surface area (Å²) in [6, 6.07) is 13.4. The van der Waals surface area contributed by atoms with Crippen LogP contribution in [0.4, 0.5) is 0 Å². The van der Waals surface area contributed by atoms with E-state index >= 15 is 0 Å². The molecule has 0 saturated heterocycles. The Morgan fingerprint density at radius 1 is 0.895 bits per heavy atom. The lowest BCUT2D eigenvalue weighted by Crippen LogP contribution is -2.40. The molecular weight excluding hydrogens is 502 g/mol. The molecule has 0 atom stereocenters. The van der Waals surface area contributed by atoms with Crippen molar-refractivity contribution in [2.24, 2.45) is 0 Å². The summed E-state index contributed by atoms with van der Waals surface area (Å²) in [5.74, 6) is 1.05. The molecule has 0 N–H and O–H groups in total. The quantitative estimate of drug-likeness (QED) is 0.371. The zero-order valence-corrected chi connectivity index (χ0v) is 22.8. The highest BCUT2D eigenvalue weighted by Gasteiger charge is 2.43. The number of carbonyl (C=O) groups excluding carboxylic acids is 2. The third-order valence-corrected chi connectivity index (χ3v) is 7.92. The van der Waals surface area contributed by atoms with Crippen LogP contribution in [0.15, 0.2) is 65.0 Å². The summed E-state index contributed by atoms with van der Waals surface area (Å²) < 4.78 is 17.5. The van der Waals surface area contributed by atoms with Gasteiger partial charge in [-0.15, -0.1) is 0 Å². The SMILES string of the molecule is CCOc1cc(C2C3=C(CCCC3=O)N(CCOC)C3=C2C(=O)CCC3)ccc1OCc1ccccc1Cl. The summed E-state index contributed by atoms with van der Waals surface area (Å²) in [5, 5.41) is 0.646. The second-order valence-corrected chi connectivity index (χ2v) is 10.3. The van der Waals surface area contributed by atoms with Crippen molar-refractivity contribution in [3.63, 3.8) is 0 Å². The first-order valence-electron chi connectivity index (χ1n) is 13.4. The fourth-order valence-corrected chi connectivity index (χ4v) is 6.06. The fraction of sp³-hybridized carbons (Fsp3) is 0.419. The van der Waals surface area contributed by atoms with E-state index in [0.29, 0.717) is 55.7 Å². The highest BCUT2D eigenvalue weighted by atomic mass is 35.5. The maximum atomic E-state index is 13.5. The van der Waals surface area contributed by atoms with E-state index in [1.807, 2.05) is 49.4 Å².